The first-order chi connectivity index (χ1) is 9.88. The quantitative estimate of drug-likeness (QED) is 0.804. The highest BCUT2D eigenvalue weighted by Gasteiger charge is 2.15. The lowest BCUT2D eigenvalue weighted by Crippen LogP contribution is -2.22. The van der Waals surface area contributed by atoms with E-state index in [2.05, 4.69) is 5.32 Å². The van der Waals surface area contributed by atoms with Crippen molar-refractivity contribution in [2.45, 2.75) is 25.9 Å². The monoisotopic (exact) mass is 293 g/mol. The molecule has 2 aromatic rings. The van der Waals surface area contributed by atoms with E-state index in [1.54, 1.807) is 6.07 Å². The zero-order chi connectivity index (χ0) is 15.6. The summed E-state index contributed by atoms with van der Waals surface area (Å²) in [6.07, 6.45) is 0. The highest BCUT2D eigenvalue weighted by atomic mass is 19.2. The summed E-state index contributed by atoms with van der Waals surface area (Å²) in [5.41, 5.74) is 1.22. The molecule has 0 aliphatic heterocycles. The summed E-state index contributed by atoms with van der Waals surface area (Å²) in [4.78, 5) is 0. The van der Waals surface area contributed by atoms with E-state index < -0.39 is 11.6 Å². The Morgan fingerprint density at radius 1 is 0.905 bits per heavy atom. The van der Waals surface area contributed by atoms with Crippen molar-refractivity contribution >= 4 is 0 Å². The van der Waals surface area contributed by atoms with Gasteiger partial charge in [0.2, 0.25) is 0 Å². The van der Waals surface area contributed by atoms with Gasteiger partial charge in [0, 0.05) is 23.7 Å². The first-order valence-electron chi connectivity index (χ1n) is 6.61. The Morgan fingerprint density at radius 2 is 1.62 bits per heavy atom. The van der Waals surface area contributed by atoms with Crippen LogP contribution >= 0.6 is 0 Å². The fourth-order valence-corrected chi connectivity index (χ4v) is 2.24. The molecule has 0 radical (unpaired) electrons. The molecule has 5 heteroatoms. The normalized spacial score (nSPS) is 13.9. The van der Waals surface area contributed by atoms with Gasteiger partial charge in [0.15, 0.2) is 11.6 Å². The van der Waals surface area contributed by atoms with Crippen molar-refractivity contribution in [1.82, 2.24) is 5.32 Å². The Balaban J connectivity index is 2.14. The van der Waals surface area contributed by atoms with Gasteiger partial charge in [0.1, 0.15) is 11.5 Å². The van der Waals surface area contributed by atoms with E-state index in [1.165, 1.54) is 18.2 Å². The van der Waals surface area contributed by atoms with Crippen molar-refractivity contribution in [1.29, 1.82) is 0 Å². The molecule has 2 aromatic carbocycles. The highest BCUT2D eigenvalue weighted by molar-refractivity contribution is 5.40. The molecule has 0 saturated carbocycles. The third-order valence-corrected chi connectivity index (χ3v) is 3.42. The van der Waals surface area contributed by atoms with Gasteiger partial charge in [-0.05, 0) is 37.6 Å². The number of phenols is 2. The van der Waals surface area contributed by atoms with Gasteiger partial charge in [-0.1, -0.05) is 12.1 Å². The summed E-state index contributed by atoms with van der Waals surface area (Å²) in [6, 6.07) is 7.64. The van der Waals surface area contributed by atoms with Crippen molar-refractivity contribution < 1.29 is 19.0 Å². The molecular weight excluding hydrogens is 276 g/mol. The lowest BCUT2D eigenvalue weighted by atomic mass is 10.0. The molecule has 0 aromatic heterocycles. The average molecular weight is 293 g/mol. The molecule has 21 heavy (non-hydrogen) atoms. The Hall–Kier alpha value is -2.14. The molecule has 0 spiro atoms. The summed E-state index contributed by atoms with van der Waals surface area (Å²) in [5.74, 6) is -1.80. The van der Waals surface area contributed by atoms with Gasteiger partial charge in [0.05, 0.1) is 0 Å². The second-order valence-corrected chi connectivity index (χ2v) is 5.03. The number of nitrogens with one attached hydrogen (secondary N) is 1. The van der Waals surface area contributed by atoms with E-state index in [1.807, 2.05) is 13.8 Å². The van der Waals surface area contributed by atoms with Crippen molar-refractivity contribution in [3.05, 3.63) is 59.2 Å². The molecule has 0 aliphatic rings. The topological polar surface area (TPSA) is 52.5 Å². The Morgan fingerprint density at radius 3 is 2.24 bits per heavy atom. The highest BCUT2D eigenvalue weighted by Crippen LogP contribution is 2.29. The van der Waals surface area contributed by atoms with E-state index in [0.29, 0.717) is 11.1 Å². The molecule has 0 amide bonds. The van der Waals surface area contributed by atoms with Gasteiger partial charge >= 0.3 is 0 Å². The number of hydrogen-bond acceptors (Lipinski definition) is 3. The van der Waals surface area contributed by atoms with Gasteiger partial charge in [-0.2, -0.15) is 0 Å². The average Bonchev–Trinajstić information content (AvgIpc) is 2.41. The van der Waals surface area contributed by atoms with Gasteiger partial charge in [-0.25, -0.2) is 8.78 Å². The number of phenolic OH excluding ortho intramolecular Hbond substituents is 2. The zero-order valence-corrected chi connectivity index (χ0v) is 11.8. The van der Waals surface area contributed by atoms with Crippen LogP contribution in [0.5, 0.6) is 11.5 Å². The molecule has 0 fully saturated rings. The second kappa shape index (κ2) is 6.10. The van der Waals surface area contributed by atoms with Gasteiger partial charge < -0.3 is 15.5 Å². The van der Waals surface area contributed by atoms with Crippen LogP contribution < -0.4 is 5.32 Å². The Kier molecular flexibility index (Phi) is 4.43. The number of hydrogen-bond donors (Lipinski definition) is 3. The Bertz CT molecular complexity index is 646. The molecule has 2 unspecified atom stereocenters. The van der Waals surface area contributed by atoms with Crippen molar-refractivity contribution in [3.8, 4) is 11.5 Å². The summed E-state index contributed by atoms with van der Waals surface area (Å²) in [5, 5.41) is 22.3. The van der Waals surface area contributed by atoms with Crippen LogP contribution in [0.1, 0.15) is 37.1 Å². The molecule has 0 aliphatic carbocycles. The minimum atomic E-state index is -0.888. The van der Waals surface area contributed by atoms with Gasteiger partial charge in [-0.3, -0.25) is 0 Å². The lowest BCUT2D eigenvalue weighted by molar-refractivity contribution is 0.426. The summed E-state index contributed by atoms with van der Waals surface area (Å²) >= 11 is 0. The van der Waals surface area contributed by atoms with E-state index in [9.17, 15) is 19.0 Å². The maximum absolute atomic E-state index is 13.2. The minimum Gasteiger partial charge on any atom is -0.508 e. The van der Waals surface area contributed by atoms with Crippen molar-refractivity contribution in [2.75, 3.05) is 0 Å². The molecule has 2 rings (SSSR count). The maximum Gasteiger partial charge on any atom is 0.159 e. The maximum atomic E-state index is 13.2. The molecular formula is C16H17F2NO2. The number of aromatic hydroxyl groups is 2. The van der Waals surface area contributed by atoms with Crippen LogP contribution in [-0.4, -0.2) is 10.2 Å². The SMILES string of the molecule is CC(NC(C)c1ccc(O)cc1O)c1ccc(F)c(F)c1. The summed E-state index contributed by atoms with van der Waals surface area (Å²) in [6.45, 7) is 3.66. The number of rotatable bonds is 4. The van der Waals surface area contributed by atoms with Crippen molar-refractivity contribution in [2.24, 2.45) is 0 Å². The van der Waals surface area contributed by atoms with Crippen LogP contribution in [0.2, 0.25) is 0 Å². The molecule has 0 bridgehead atoms. The van der Waals surface area contributed by atoms with E-state index in [-0.39, 0.29) is 23.6 Å². The van der Waals surface area contributed by atoms with Crippen LogP contribution in [0.4, 0.5) is 8.78 Å². The predicted octanol–water partition coefficient (Wildman–Crippen LogP) is 3.79. The van der Waals surface area contributed by atoms with Gasteiger partial charge in [0.25, 0.3) is 0 Å². The second-order valence-electron chi connectivity index (χ2n) is 5.03. The molecule has 0 heterocycles. The third kappa shape index (κ3) is 3.49. The van der Waals surface area contributed by atoms with Crippen LogP contribution in [-0.2, 0) is 0 Å². The number of halogens is 2. The molecule has 3 N–H and O–H groups in total. The van der Waals surface area contributed by atoms with E-state index in [4.69, 9.17) is 0 Å². The zero-order valence-electron chi connectivity index (χ0n) is 11.8. The smallest absolute Gasteiger partial charge is 0.159 e. The molecule has 0 saturated heterocycles. The van der Waals surface area contributed by atoms with Crippen molar-refractivity contribution in [3.63, 3.8) is 0 Å². The fourth-order valence-electron chi connectivity index (χ4n) is 2.24. The van der Waals surface area contributed by atoms with Gasteiger partial charge in [-0.15, -0.1) is 0 Å². The first kappa shape index (κ1) is 15.3. The standard InChI is InChI=1S/C16H17F2NO2/c1-9(11-3-6-14(17)15(18)7-11)19-10(2)13-5-4-12(20)8-16(13)21/h3-10,19-21H,1-2H3. The van der Waals surface area contributed by atoms with Crippen LogP contribution in [0.3, 0.4) is 0 Å². The molecule has 3 nitrogen and oxygen atoms in total. The molecule has 112 valence electrons. The minimum absolute atomic E-state index is 0.0166. The molecule has 2 atom stereocenters. The lowest BCUT2D eigenvalue weighted by Gasteiger charge is -2.21. The number of benzene rings is 2. The summed E-state index contributed by atoms with van der Waals surface area (Å²) < 4.78 is 26.2. The van der Waals surface area contributed by atoms with E-state index in [0.717, 1.165) is 12.1 Å². The largest absolute Gasteiger partial charge is 0.508 e. The fraction of sp³-hybridized carbons (Fsp3) is 0.250. The Labute approximate surface area is 121 Å². The first-order valence-corrected chi connectivity index (χ1v) is 6.61. The third-order valence-electron chi connectivity index (χ3n) is 3.42. The van der Waals surface area contributed by atoms with E-state index >= 15 is 0 Å². The van der Waals surface area contributed by atoms with Crippen LogP contribution in [0.25, 0.3) is 0 Å². The predicted molar refractivity (Wildman–Crippen MR) is 76.1 cm³/mol. The summed E-state index contributed by atoms with van der Waals surface area (Å²) in [7, 11) is 0. The van der Waals surface area contributed by atoms with Crippen LogP contribution in [0, 0.1) is 11.6 Å². The van der Waals surface area contributed by atoms with Crippen LogP contribution in [0.15, 0.2) is 36.4 Å².